The Morgan fingerprint density at radius 2 is 1.93 bits per heavy atom. The number of benzene rings is 2. The molecule has 0 aliphatic heterocycles. The van der Waals surface area contributed by atoms with Crippen LogP contribution < -0.4 is 4.74 Å². The summed E-state index contributed by atoms with van der Waals surface area (Å²) < 4.78 is 7.95. The molecule has 1 aliphatic rings. The van der Waals surface area contributed by atoms with E-state index in [9.17, 15) is 4.79 Å². The Kier molecular flexibility index (Phi) is 4.25. The fraction of sp³-hybridized carbons (Fsp3) is 0.227. The van der Waals surface area contributed by atoms with Crippen LogP contribution in [0.3, 0.4) is 0 Å². The van der Waals surface area contributed by atoms with E-state index in [-0.39, 0.29) is 5.78 Å². The van der Waals surface area contributed by atoms with Crippen molar-refractivity contribution in [2.45, 2.75) is 33.3 Å². The van der Waals surface area contributed by atoms with Gasteiger partial charge in [0.05, 0.1) is 23.0 Å². The van der Waals surface area contributed by atoms with Gasteiger partial charge in [0.2, 0.25) is 0 Å². The zero-order valence-electron chi connectivity index (χ0n) is 15.3. The van der Waals surface area contributed by atoms with E-state index in [1.807, 2.05) is 48.9 Å². The lowest BCUT2D eigenvalue weighted by molar-refractivity contribution is 0.0994. The zero-order chi connectivity index (χ0) is 19.0. The van der Waals surface area contributed by atoms with Crippen molar-refractivity contribution in [3.8, 4) is 17.5 Å². The van der Waals surface area contributed by atoms with Crippen LogP contribution in [-0.2, 0) is 13.0 Å². The minimum absolute atomic E-state index is 0.191. The van der Waals surface area contributed by atoms with Crippen molar-refractivity contribution >= 4 is 5.78 Å². The Morgan fingerprint density at radius 1 is 1.15 bits per heavy atom. The molecule has 1 aromatic heterocycles. The molecule has 3 aromatic rings. The number of carbonyl (C=O) groups is 1. The molecule has 0 atom stereocenters. The number of hydrogen-bond donors (Lipinski definition) is 0. The number of Topliss-reactive ketones (excluding diaryl/α,β-unsaturated/α-hetero) is 1. The van der Waals surface area contributed by atoms with Crippen LogP contribution in [0.4, 0.5) is 0 Å². The van der Waals surface area contributed by atoms with Crippen LogP contribution in [0.2, 0.25) is 0 Å². The first-order valence-electron chi connectivity index (χ1n) is 8.92. The third kappa shape index (κ3) is 3.00. The van der Waals surface area contributed by atoms with E-state index in [2.05, 4.69) is 11.2 Å². The third-order valence-corrected chi connectivity index (χ3v) is 5.09. The summed E-state index contributed by atoms with van der Waals surface area (Å²) in [4.78, 5) is 11.9. The van der Waals surface area contributed by atoms with Gasteiger partial charge < -0.3 is 4.74 Å². The van der Waals surface area contributed by atoms with E-state index in [0.29, 0.717) is 18.6 Å². The molecule has 0 radical (unpaired) electrons. The van der Waals surface area contributed by atoms with Crippen molar-refractivity contribution in [1.82, 2.24) is 9.78 Å². The molecule has 0 amide bonds. The standard InChI is InChI=1S/C22H19N3O2/c1-14-20(13-27-22-5-3-4-18-19(22)10-11-21(18)26)15(2)25(24-14)17-8-6-16(12-23)7-9-17/h3-9H,10-11,13H2,1-2H3. The van der Waals surface area contributed by atoms with Crippen LogP contribution in [-0.4, -0.2) is 15.6 Å². The maximum absolute atomic E-state index is 11.9. The van der Waals surface area contributed by atoms with Crippen LogP contribution >= 0.6 is 0 Å². The molecule has 0 saturated carbocycles. The Morgan fingerprint density at radius 3 is 2.67 bits per heavy atom. The van der Waals surface area contributed by atoms with Gasteiger partial charge in [-0.05, 0) is 50.6 Å². The molecule has 1 heterocycles. The number of aryl methyl sites for hydroxylation is 1. The summed E-state index contributed by atoms with van der Waals surface area (Å²) in [6, 6.07) is 15.1. The van der Waals surface area contributed by atoms with Gasteiger partial charge in [-0.25, -0.2) is 4.68 Å². The molecule has 2 aromatic carbocycles. The van der Waals surface area contributed by atoms with Gasteiger partial charge in [-0.2, -0.15) is 10.4 Å². The number of hydrogen-bond acceptors (Lipinski definition) is 4. The summed E-state index contributed by atoms with van der Waals surface area (Å²) in [7, 11) is 0. The Balaban J connectivity index is 1.60. The highest BCUT2D eigenvalue weighted by molar-refractivity contribution is 6.01. The number of ketones is 1. The molecule has 0 spiro atoms. The fourth-order valence-electron chi connectivity index (χ4n) is 3.56. The molecule has 0 unspecified atom stereocenters. The highest BCUT2D eigenvalue weighted by Gasteiger charge is 2.23. The number of aromatic nitrogens is 2. The van der Waals surface area contributed by atoms with Gasteiger partial charge in [0.1, 0.15) is 12.4 Å². The molecule has 134 valence electrons. The van der Waals surface area contributed by atoms with E-state index in [4.69, 9.17) is 10.00 Å². The molecular formula is C22H19N3O2. The van der Waals surface area contributed by atoms with Gasteiger partial charge in [-0.1, -0.05) is 12.1 Å². The first kappa shape index (κ1) is 17.0. The summed E-state index contributed by atoms with van der Waals surface area (Å²) in [5, 5.41) is 13.6. The van der Waals surface area contributed by atoms with Gasteiger partial charge >= 0.3 is 0 Å². The lowest BCUT2D eigenvalue weighted by Gasteiger charge is -2.11. The average molecular weight is 357 g/mol. The lowest BCUT2D eigenvalue weighted by Crippen LogP contribution is -2.02. The number of nitriles is 1. The number of nitrogens with zero attached hydrogens (tertiary/aromatic N) is 3. The van der Waals surface area contributed by atoms with Crippen molar-refractivity contribution in [2.24, 2.45) is 0 Å². The van der Waals surface area contributed by atoms with Gasteiger partial charge in [0.25, 0.3) is 0 Å². The number of carbonyl (C=O) groups excluding carboxylic acids is 1. The molecule has 1 aliphatic carbocycles. The second-order valence-electron chi connectivity index (χ2n) is 6.71. The van der Waals surface area contributed by atoms with Gasteiger partial charge in [0.15, 0.2) is 5.78 Å². The van der Waals surface area contributed by atoms with Crippen molar-refractivity contribution in [1.29, 1.82) is 5.26 Å². The fourth-order valence-corrected chi connectivity index (χ4v) is 3.56. The highest BCUT2D eigenvalue weighted by Crippen LogP contribution is 2.31. The maximum atomic E-state index is 11.9. The minimum atomic E-state index is 0.191. The largest absolute Gasteiger partial charge is 0.488 e. The van der Waals surface area contributed by atoms with E-state index in [0.717, 1.165) is 45.9 Å². The number of rotatable bonds is 4. The summed E-state index contributed by atoms with van der Waals surface area (Å²) in [5.41, 5.74) is 6.26. The molecule has 0 fully saturated rings. The SMILES string of the molecule is Cc1nn(-c2ccc(C#N)cc2)c(C)c1COc1cccc2c1CCC2=O. The highest BCUT2D eigenvalue weighted by atomic mass is 16.5. The van der Waals surface area contributed by atoms with Crippen molar-refractivity contribution < 1.29 is 9.53 Å². The van der Waals surface area contributed by atoms with Crippen LogP contribution in [0.25, 0.3) is 5.69 Å². The van der Waals surface area contributed by atoms with Gasteiger partial charge in [0, 0.05) is 28.8 Å². The average Bonchev–Trinajstić information content (AvgIpc) is 3.20. The van der Waals surface area contributed by atoms with Gasteiger partial charge in [-0.15, -0.1) is 0 Å². The van der Waals surface area contributed by atoms with Crippen LogP contribution in [0, 0.1) is 25.2 Å². The van der Waals surface area contributed by atoms with Crippen LogP contribution in [0.5, 0.6) is 5.75 Å². The van der Waals surface area contributed by atoms with Crippen molar-refractivity contribution in [3.05, 3.63) is 76.1 Å². The minimum Gasteiger partial charge on any atom is -0.488 e. The summed E-state index contributed by atoms with van der Waals surface area (Å²) in [6.07, 6.45) is 1.30. The zero-order valence-corrected chi connectivity index (χ0v) is 15.3. The van der Waals surface area contributed by atoms with E-state index >= 15 is 0 Å². The van der Waals surface area contributed by atoms with E-state index in [1.54, 1.807) is 12.1 Å². The predicted octanol–water partition coefficient (Wildman–Crippen LogP) is 4.07. The van der Waals surface area contributed by atoms with Crippen LogP contribution in [0.15, 0.2) is 42.5 Å². The molecule has 5 heteroatoms. The molecule has 0 N–H and O–H groups in total. The number of fused-ring (bicyclic) bond motifs is 1. The first-order chi connectivity index (χ1) is 13.1. The maximum Gasteiger partial charge on any atom is 0.163 e. The Hall–Kier alpha value is -3.39. The van der Waals surface area contributed by atoms with Crippen molar-refractivity contribution in [2.75, 3.05) is 0 Å². The smallest absolute Gasteiger partial charge is 0.163 e. The molecule has 5 nitrogen and oxygen atoms in total. The van der Waals surface area contributed by atoms with Crippen molar-refractivity contribution in [3.63, 3.8) is 0 Å². The molecule has 0 bridgehead atoms. The Bertz CT molecular complexity index is 1070. The summed E-state index contributed by atoms with van der Waals surface area (Å²) in [5.74, 6) is 0.972. The number of ether oxygens (including phenoxy) is 1. The third-order valence-electron chi connectivity index (χ3n) is 5.09. The van der Waals surface area contributed by atoms with Crippen LogP contribution in [0.1, 0.15) is 44.9 Å². The molecular weight excluding hydrogens is 338 g/mol. The molecule has 4 rings (SSSR count). The summed E-state index contributed by atoms with van der Waals surface area (Å²) >= 11 is 0. The van der Waals surface area contributed by atoms with E-state index in [1.165, 1.54) is 0 Å². The molecule has 0 saturated heterocycles. The lowest BCUT2D eigenvalue weighted by atomic mass is 10.1. The monoisotopic (exact) mass is 357 g/mol. The quantitative estimate of drug-likeness (QED) is 0.706. The second kappa shape index (κ2) is 6.73. The summed E-state index contributed by atoms with van der Waals surface area (Å²) in [6.45, 7) is 4.37. The second-order valence-corrected chi connectivity index (χ2v) is 6.71. The topological polar surface area (TPSA) is 67.9 Å². The van der Waals surface area contributed by atoms with E-state index < -0.39 is 0 Å². The molecule has 27 heavy (non-hydrogen) atoms. The first-order valence-corrected chi connectivity index (χ1v) is 8.92. The predicted molar refractivity (Wildman–Crippen MR) is 101 cm³/mol. The normalized spacial score (nSPS) is 12.7. The Labute approximate surface area is 157 Å². The van der Waals surface area contributed by atoms with Gasteiger partial charge in [-0.3, -0.25) is 4.79 Å².